The highest BCUT2D eigenvalue weighted by molar-refractivity contribution is 7.89. The molecule has 0 aliphatic carbocycles. The van der Waals surface area contributed by atoms with Crippen LogP contribution in [-0.2, 0) is 10.0 Å². The van der Waals surface area contributed by atoms with E-state index >= 15 is 0 Å². The molecule has 0 radical (unpaired) electrons. The van der Waals surface area contributed by atoms with Gasteiger partial charge >= 0.3 is 0 Å². The van der Waals surface area contributed by atoms with E-state index in [0.29, 0.717) is 18.8 Å². The van der Waals surface area contributed by atoms with Crippen LogP contribution in [0.25, 0.3) is 0 Å². The number of hydrogen-bond acceptors (Lipinski definition) is 3. The summed E-state index contributed by atoms with van der Waals surface area (Å²) >= 11 is 0. The molecule has 0 saturated carbocycles. The van der Waals surface area contributed by atoms with Crippen molar-refractivity contribution in [2.24, 2.45) is 5.92 Å². The molecule has 7 heteroatoms. The second-order valence-electron chi connectivity index (χ2n) is 7.02. The summed E-state index contributed by atoms with van der Waals surface area (Å²) in [7, 11) is -3.98. The van der Waals surface area contributed by atoms with Crippen molar-refractivity contribution in [1.29, 1.82) is 0 Å². The predicted molar refractivity (Wildman–Crippen MR) is 103 cm³/mol. The van der Waals surface area contributed by atoms with E-state index in [-0.39, 0.29) is 11.5 Å². The van der Waals surface area contributed by atoms with Crippen LogP contribution in [-0.4, -0.2) is 31.7 Å². The molecule has 1 N–H and O–H groups in total. The molecule has 0 aromatic heterocycles. The molecule has 0 bridgehead atoms. The summed E-state index contributed by atoms with van der Waals surface area (Å²) in [6.45, 7) is 4.56. The number of carbonyl (C=O) groups is 1. The molecule has 0 spiro atoms. The molecule has 1 atom stereocenters. The number of benzene rings is 2. The second-order valence-corrected chi connectivity index (χ2v) is 8.93. The van der Waals surface area contributed by atoms with Crippen LogP contribution in [0.1, 0.15) is 35.7 Å². The van der Waals surface area contributed by atoms with Gasteiger partial charge in [0.25, 0.3) is 5.91 Å². The summed E-state index contributed by atoms with van der Waals surface area (Å²) in [6, 6.07) is 10.7. The molecule has 1 aliphatic rings. The quantitative estimate of drug-likeness (QED) is 0.863. The van der Waals surface area contributed by atoms with E-state index in [1.807, 2.05) is 26.0 Å². The van der Waals surface area contributed by atoms with Crippen LogP contribution < -0.4 is 5.32 Å². The lowest BCUT2D eigenvalue weighted by Gasteiger charge is -2.30. The zero-order valence-electron chi connectivity index (χ0n) is 15.4. The van der Waals surface area contributed by atoms with Gasteiger partial charge in [0.05, 0.1) is 0 Å². The van der Waals surface area contributed by atoms with Gasteiger partial charge in [0.15, 0.2) is 0 Å². The highest BCUT2D eigenvalue weighted by Crippen LogP contribution is 2.26. The molecule has 0 unspecified atom stereocenters. The summed E-state index contributed by atoms with van der Waals surface area (Å²) in [5.41, 5.74) is 1.60. The second kappa shape index (κ2) is 7.78. The summed E-state index contributed by atoms with van der Waals surface area (Å²) < 4.78 is 41.4. The Morgan fingerprint density at radius 1 is 1.22 bits per heavy atom. The van der Waals surface area contributed by atoms with Gasteiger partial charge in [-0.25, -0.2) is 12.8 Å². The zero-order valence-corrected chi connectivity index (χ0v) is 16.2. The Balaban J connectivity index is 1.90. The first-order valence-electron chi connectivity index (χ1n) is 8.95. The van der Waals surface area contributed by atoms with E-state index in [1.165, 1.54) is 10.4 Å². The van der Waals surface area contributed by atoms with Crippen LogP contribution in [0.15, 0.2) is 47.4 Å². The fraction of sp³-hybridized carbons (Fsp3) is 0.350. The minimum atomic E-state index is -3.98. The van der Waals surface area contributed by atoms with Gasteiger partial charge in [0.2, 0.25) is 10.0 Å². The Hall–Kier alpha value is -2.25. The lowest BCUT2D eigenvalue weighted by molar-refractivity contribution is 0.102. The van der Waals surface area contributed by atoms with Gasteiger partial charge in [-0.05, 0) is 55.5 Å². The van der Waals surface area contributed by atoms with Crippen molar-refractivity contribution in [3.8, 4) is 0 Å². The van der Waals surface area contributed by atoms with Crippen LogP contribution in [0.5, 0.6) is 0 Å². The fourth-order valence-corrected chi connectivity index (χ4v) is 4.94. The van der Waals surface area contributed by atoms with Crippen molar-refractivity contribution in [3.05, 3.63) is 59.4 Å². The minimum Gasteiger partial charge on any atom is -0.322 e. The van der Waals surface area contributed by atoms with Gasteiger partial charge in [0, 0.05) is 24.3 Å². The summed E-state index contributed by atoms with van der Waals surface area (Å²) in [4.78, 5) is 12.1. The molecule has 2 aromatic rings. The number of halogens is 1. The first-order valence-corrected chi connectivity index (χ1v) is 10.4. The molecule has 2 aromatic carbocycles. The van der Waals surface area contributed by atoms with Gasteiger partial charge < -0.3 is 5.32 Å². The average molecular weight is 390 g/mol. The van der Waals surface area contributed by atoms with Crippen molar-refractivity contribution in [2.45, 2.75) is 31.6 Å². The third-order valence-corrected chi connectivity index (χ3v) is 6.70. The van der Waals surface area contributed by atoms with Crippen LogP contribution in [0.4, 0.5) is 10.1 Å². The summed E-state index contributed by atoms with van der Waals surface area (Å²) in [5.74, 6) is -1.10. The predicted octanol–water partition coefficient (Wildman–Crippen LogP) is 3.81. The topological polar surface area (TPSA) is 66.5 Å². The molecule has 5 nitrogen and oxygen atoms in total. The van der Waals surface area contributed by atoms with Gasteiger partial charge in [-0.15, -0.1) is 0 Å². The molecule has 1 heterocycles. The Morgan fingerprint density at radius 2 is 1.96 bits per heavy atom. The molecule has 1 fully saturated rings. The number of anilines is 1. The molecule has 1 aliphatic heterocycles. The highest BCUT2D eigenvalue weighted by atomic mass is 32.2. The number of para-hydroxylation sites is 1. The van der Waals surface area contributed by atoms with Crippen molar-refractivity contribution >= 4 is 21.6 Å². The number of hydrogen-bond donors (Lipinski definition) is 1. The highest BCUT2D eigenvalue weighted by Gasteiger charge is 2.31. The number of piperidine rings is 1. The van der Waals surface area contributed by atoms with Crippen LogP contribution in [0.3, 0.4) is 0 Å². The Bertz CT molecular complexity index is 959. The normalized spacial score (nSPS) is 18.3. The Labute approximate surface area is 159 Å². The monoisotopic (exact) mass is 390 g/mol. The average Bonchev–Trinajstić information content (AvgIpc) is 2.63. The number of aryl methyl sites for hydroxylation is 1. The lowest BCUT2D eigenvalue weighted by atomic mass is 10.0. The minimum absolute atomic E-state index is 0.100. The molecular formula is C20H23FN2O3S. The number of sulfonamides is 1. The van der Waals surface area contributed by atoms with E-state index < -0.39 is 26.6 Å². The molecule has 27 heavy (non-hydrogen) atoms. The van der Waals surface area contributed by atoms with E-state index in [2.05, 4.69) is 5.32 Å². The lowest BCUT2D eigenvalue weighted by Crippen LogP contribution is -2.39. The molecule has 144 valence electrons. The van der Waals surface area contributed by atoms with Gasteiger partial charge in [-0.2, -0.15) is 4.31 Å². The number of rotatable bonds is 4. The maximum Gasteiger partial charge on any atom is 0.255 e. The van der Waals surface area contributed by atoms with Gasteiger partial charge in [-0.1, -0.05) is 25.1 Å². The van der Waals surface area contributed by atoms with E-state index in [4.69, 9.17) is 0 Å². The van der Waals surface area contributed by atoms with Crippen LogP contribution >= 0.6 is 0 Å². The number of amides is 1. The molecular weight excluding hydrogens is 367 g/mol. The van der Waals surface area contributed by atoms with Crippen LogP contribution in [0.2, 0.25) is 0 Å². The molecule has 3 rings (SSSR count). The fourth-order valence-electron chi connectivity index (χ4n) is 3.25. The van der Waals surface area contributed by atoms with E-state index in [9.17, 15) is 17.6 Å². The Kier molecular flexibility index (Phi) is 5.62. The zero-order chi connectivity index (χ0) is 19.6. The third kappa shape index (κ3) is 4.20. The number of nitrogens with zero attached hydrogens (tertiary/aromatic N) is 1. The van der Waals surface area contributed by atoms with Crippen molar-refractivity contribution < 1.29 is 17.6 Å². The van der Waals surface area contributed by atoms with E-state index in [1.54, 1.807) is 12.1 Å². The van der Waals surface area contributed by atoms with Crippen molar-refractivity contribution in [3.63, 3.8) is 0 Å². The summed E-state index contributed by atoms with van der Waals surface area (Å²) in [5, 5.41) is 2.74. The maximum atomic E-state index is 14.3. The van der Waals surface area contributed by atoms with Crippen molar-refractivity contribution in [1.82, 2.24) is 4.31 Å². The summed E-state index contributed by atoms with van der Waals surface area (Å²) in [6.07, 6.45) is 1.70. The van der Waals surface area contributed by atoms with Gasteiger partial charge in [-0.3, -0.25) is 4.79 Å². The standard InChI is InChI=1S/C20H23FN2O3S/c1-14-6-5-11-23(13-14)27(25,26)19-12-16(9-10-17(19)21)20(24)22-18-8-4-3-7-15(18)2/h3-4,7-10,12,14H,5-6,11,13H2,1-2H3,(H,22,24)/t14-/m1/s1. The first kappa shape index (κ1) is 19.5. The SMILES string of the molecule is Cc1ccccc1NC(=O)c1ccc(F)c(S(=O)(=O)N2CCC[C@@H](C)C2)c1. The van der Waals surface area contributed by atoms with E-state index in [0.717, 1.165) is 30.5 Å². The Morgan fingerprint density at radius 3 is 2.67 bits per heavy atom. The largest absolute Gasteiger partial charge is 0.322 e. The molecule has 1 amide bonds. The maximum absolute atomic E-state index is 14.3. The van der Waals surface area contributed by atoms with Crippen LogP contribution in [0, 0.1) is 18.7 Å². The third-order valence-electron chi connectivity index (χ3n) is 4.82. The smallest absolute Gasteiger partial charge is 0.255 e. The first-order chi connectivity index (χ1) is 12.8. The van der Waals surface area contributed by atoms with Gasteiger partial charge in [0.1, 0.15) is 10.7 Å². The van der Waals surface area contributed by atoms with Crippen molar-refractivity contribution in [2.75, 3.05) is 18.4 Å². The number of carbonyl (C=O) groups excluding carboxylic acids is 1. The number of nitrogens with one attached hydrogen (secondary N) is 1. The molecule has 1 saturated heterocycles.